The normalized spacial score (nSPS) is 24.4. The molecule has 108 valence electrons. The van der Waals surface area contributed by atoms with Gasteiger partial charge < -0.3 is 5.73 Å². The molecule has 0 aromatic rings. The maximum atomic E-state index is 11.6. The predicted octanol–water partition coefficient (Wildman–Crippen LogP) is 1.67. The average Bonchev–Trinajstić information content (AvgIpc) is 2.26. The van der Waals surface area contributed by atoms with Crippen molar-refractivity contribution in [3.63, 3.8) is 0 Å². The van der Waals surface area contributed by atoms with Crippen molar-refractivity contribution in [1.82, 2.24) is 4.31 Å². The molecule has 0 aromatic heterocycles. The zero-order valence-corrected chi connectivity index (χ0v) is 12.7. The first-order chi connectivity index (χ1) is 8.32. The Kier molecular flexibility index (Phi) is 6.08. The highest BCUT2D eigenvalue weighted by Crippen LogP contribution is 2.27. The van der Waals surface area contributed by atoms with Gasteiger partial charge in [-0.1, -0.05) is 13.8 Å². The highest BCUT2D eigenvalue weighted by Gasteiger charge is 2.27. The number of sulfonamides is 1. The second-order valence-electron chi connectivity index (χ2n) is 6.10. The molecule has 5 heteroatoms. The van der Waals surface area contributed by atoms with Crippen LogP contribution >= 0.6 is 0 Å². The largest absolute Gasteiger partial charge is 0.330 e. The van der Waals surface area contributed by atoms with Crippen molar-refractivity contribution in [2.75, 3.05) is 25.9 Å². The third-order valence-corrected chi connectivity index (χ3v) is 5.03. The third kappa shape index (κ3) is 5.24. The van der Waals surface area contributed by atoms with Gasteiger partial charge >= 0.3 is 0 Å². The first-order valence-electron chi connectivity index (χ1n) is 6.98. The van der Waals surface area contributed by atoms with Gasteiger partial charge in [0.15, 0.2) is 0 Å². The van der Waals surface area contributed by atoms with Crippen LogP contribution in [0.2, 0.25) is 0 Å². The summed E-state index contributed by atoms with van der Waals surface area (Å²) in [7, 11) is -3.02. The fraction of sp³-hybridized carbons (Fsp3) is 1.00. The molecular formula is C13H28N2O2S. The Morgan fingerprint density at radius 1 is 1.39 bits per heavy atom. The number of nitrogens with two attached hydrogens (primary N) is 1. The Labute approximate surface area is 112 Å². The van der Waals surface area contributed by atoms with E-state index in [1.54, 1.807) is 4.31 Å². The van der Waals surface area contributed by atoms with Crippen molar-refractivity contribution >= 4 is 10.0 Å². The van der Waals surface area contributed by atoms with E-state index in [4.69, 9.17) is 5.73 Å². The standard InChI is InChI=1S/C13H28N2O2S/c1-11(2)7-13(9-14)8-12-5-4-6-15(10-12)18(3,16)17/h11-13H,4-10,14H2,1-3H3. The minimum atomic E-state index is -3.02. The fourth-order valence-corrected chi connectivity index (χ4v) is 3.89. The molecule has 1 aliphatic rings. The van der Waals surface area contributed by atoms with Crippen LogP contribution in [0.25, 0.3) is 0 Å². The summed E-state index contributed by atoms with van der Waals surface area (Å²) in [6.45, 7) is 6.52. The zero-order chi connectivity index (χ0) is 13.8. The second-order valence-corrected chi connectivity index (χ2v) is 8.08. The van der Waals surface area contributed by atoms with E-state index in [0.717, 1.165) is 25.7 Å². The lowest BCUT2D eigenvalue weighted by Crippen LogP contribution is -2.40. The van der Waals surface area contributed by atoms with Gasteiger partial charge in [0.1, 0.15) is 0 Å². The lowest BCUT2D eigenvalue weighted by molar-refractivity contribution is 0.221. The summed E-state index contributed by atoms with van der Waals surface area (Å²) in [5.41, 5.74) is 5.83. The number of hydrogen-bond acceptors (Lipinski definition) is 3. The van der Waals surface area contributed by atoms with E-state index < -0.39 is 10.0 Å². The van der Waals surface area contributed by atoms with Gasteiger partial charge in [0.25, 0.3) is 0 Å². The minimum absolute atomic E-state index is 0.487. The van der Waals surface area contributed by atoms with Crippen LogP contribution in [0, 0.1) is 17.8 Å². The van der Waals surface area contributed by atoms with E-state index in [-0.39, 0.29) is 0 Å². The third-order valence-electron chi connectivity index (χ3n) is 3.76. The van der Waals surface area contributed by atoms with Gasteiger partial charge in [-0.2, -0.15) is 0 Å². The molecule has 1 rings (SSSR count). The molecule has 0 radical (unpaired) electrons. The van der Waals surface area contributed by atoms with Crippen LogP contribution in [0.1, 0.15) is 39.5 Å². The predicted molar refractivity (Wildman–Crippen MR) is 75.8 cm³/mol. The van der Waals surface area contributed by atoms with Gasteiger partial charge in [-0.3, -0.25) is 0 Å². The summed E-state index contributed by atoms with van der Waals surface area (Å²) in [6, 6.07) is 0. The van der Waals surface area contributed by atoms with Crippen molar-refractivity contribution in [1.29, 1.82) is 0 Å². The highest BCUT2D eigenvalue weighted by molar-refractivity contribution is 7.88. The Balaban J connectivity index is 2.51. The van der Waals surface area contributed by atoms with Gasteiger partial charge in [0.2, 0.25) is 10.0 Å². The summed E-state index contributed by atoms with van der Waals surface area (Å²) in [4.78, 5) is 0. The first-order valence-corrected chi connectivity index (χ1v) is 8.83. The molecule has 1 heterocycles. The molecule has 0 spiro atoms. The van der Waals surface area contributed by atoms with E-state index in [1.807, 2.05) is 0 Å². The van der Waals surface area contributed by atoms with E-state index in [9.17, 15) is 8.42 Å². The lowest BCUT2D eigenvalue weighted by atomic mass is 9.85. The van der Waals surface area contributed by atoms with E-state index in [2.05, 4.69) is 13.8 Å². The lowest BCUT2D eigenvalue weighted by Gasteiger charge is -2.33. The van der Waals surface area contributed by atoms with Crippen LogP contribution in [0.5, 0.6) is 0 Å². The number of piperidine rings is 1. The molecule has 2 N–H and O–H groups in total. The van der Waals surface area contributed by atoms with Crippen molar-refractivity contribution in [3.05, 3.63) is 0 Å². The van der Waals surface area contributed by atoms with Crippen LogP contribution < -0.4 is 5.73 Å². The van der Waals surface area contributed by atoms with Gasteiger partial charge in [0.05, 0.1) is 6.26 Å². The van der Waals surface area contributed by atoms with Crippen molar-refractivity contribution < 1.29 is 8.42 Å². The van der Waals surface area contributed by atoms with Gasteiger partial charge in [-0.25, -0.2) is 12.7 Å². The van der Waals surface area contributed by atoms with E-state index in [1.165, 1.54) is 6.26 Å². The molecule has 1 saturated heterocycles. The molecule has 1 fully saturated rings. The minimum Gasteiger partial charge on any atom is -0.330 e. The van der Waals surface area contributed by atoms with Gasteiger partial charge in [-0.05, 0) is 50.0 Å². The van der Waals surface area contributed by atoms with Crippen molar-refractivity contribution in [2.45, 2.75) is 39.5 Å². The van der Waals surface area contributed by atoms with Gasteiger partial charge in [-0.15, -0.1) is 0 Å². The second kappa shape index (κ2) is 6.87. The Morgan fingerprint density at radius 3 is 2.56 bits per heavy atom. The van der Waals surface area contributed by atoms with Crippen LogP contribution in [-0.4, -0.2) is 38.6 Å². The zero-order valence-electron chi connectivity index (χ0n) is 11.9. The molecule has 0 bridgehead atoms. The maximum absolute atomic E-state index is 11.6. The average molecular weight is 276 g/mol. The number of nitrogens with zero attached hydrogens (tertiary/aromatic N) is 1. The van der Waals surface area contributed by atoms with Crippen molar-refractivity contribution in [2.24, 2.45) is 23.5 Å². The Hall–Kier alpha value is -0.130. The summed E-state index contributed by atoms with van der Waals surface area (Å²) in [6.07, 6.45) is 5.65. The fourth-order valence-electron chi connectivity index (χ4n) is 2.95. The molecule has 0 saturated carbocycles. The highest BCUT2D eigenvalue weighted by atomic mass is 32.2. The monoisotopic (exact) mass is 276 g/mol. The molecule has 2 unspecified atom stereocenters. The first kappa shape index (κ1) is 15.9. The summed E-state index contributed by atoms with van der Waals surface area (Å²) in [5.74, 6) is 1.68. The van der Waals surface area contributed by atoms with Crippen LogP contribution in [0.3, 0.4) is 0 Å². The van der Waals surface area contributed by atoms with Crippen LogP contribution in [-0.2, 0) is 10.0 Å². The SMILES string of the molecule is CC(C)CC(CN)CC1CCCN(S(C)(=O)=O)C1. The molecule has 0 aromatic carbocycles. The Morgan fingerprint density at radius 2 is 2.06 bits per heavy atom. The van der Waals surface area contributed by atoms with Gasteiger partial charge in [0, 0.05) is 13.1 Å². The molecule has 1 aliphatic heterocycles. The smallest absolute Gasteiger partial charge is 0.211 e. The van der Waals surface area contributed by atoms with Crippen LogP contribution in [0.4, 0.5) is 0 Å². The molecule has 2 atom stereocenters. The summed E-state index contributed by atoms with van der Waals surface area (Å²) < 4.78 is 24.8. The Bertz CT molecular complexity index is 341. The number of hydrogen-bond donors (Lipinski definition) is 1. The van der Waals surface area contributed by atoms with Crippen LogP contribution in [0.15, 0.2) is 0 Å². The van der Waals surface area contributed by atoms with Crippen molar-refractivity contribution in [3.8, 4) is 0 Å². The molecule has 18 heavy (non-hydrogen) atoms. The molecular weight excluding hydrogens is 248 g/mol. The van der Waals surface area contributed by atoms with E-state index >= 15 is 0 Å². The molecule has 0 aliphatic carbocycles. The quantitative estimate of drug-likeness (QED) is 0.802. The molecule has 0 amide bonds. The summed E-state index contributed by atoms with van der Waals surface area (Å²) >= 11 is 0. The number of rotatable bonds is 6. The molecule has 4 nitrogen and oxygen atoms in total. The topological polar surface area (TPSA) is 63.4 Å². The maximum Gasteiger partial charge on any atom is 0.211 e. The van der Waals surface area contributed by atoms with E-state index in [0.29, 0.717) is 37.4 Å². The summed E-state index contributed by atoms with van der Waals surface area (Å²) in [5, 5.41) is 0.